The Morgan fingerprint density at radius 3 is 2.24 bits per heavy atom. The van der Waals surface area contributed by atoms with Crippen molar-refractivity contribution >= 4 is 27.3 Å². The third kappa shape index (κ3) is 6.01. The molecule has 7 nitrogen and oxygen atoms in total. The van der Waals surface area contributed by atoms with Gasteiger partial charge in [-0.15, -0.1) is 0 Å². The number of nitrogens with one attached hydrogen (secondary N) is 1. The minimum Gasteiger partial charge on any atom is -0.497 e. The summed E-state index contributed by atoms with van der Waals surface area (Å²) in [6.45, 7) is 0.239. The second-order valence-corrected chi connectivity index (χ2v) is 9.11. The normalized spacial score (nSPS) is 11.0. The molecule has 0 saturated carbocycles. The maximum Gasteiger partial charge on any atom is 0.264 e. The summed E-state index contributed by atoms with van der Waals surface area (Å²) in [6.07, 6.45) is 0. The molecule has 0 aliphatic heterocycles. The summed E-state index contributed by atoms with van der Waals surface area (Å²) in [4.78, 5) is 14.5. The topological polar surface area (TPSA) is 79.0 Å². The molecule has 1 amide bonds. The highest BCUT2D eigenvalue weighted by Gasteiger charge is 2.29. The van der Waals surface area contributed by atoms with Crippen molar-refractivity contribution in [3.8, 4) is 5.75 Å². The van der Waals surface area contributed by atoms with Gasteiger partial charge in [-0.3, -0.25) is 9.10 Å². The number of ether oxygens (including phenoxy) is 1. The Labute approximate surface area is 193 Å². The van der Waals surface area contributed by atoms with Gasteiger partial charge < -0.3 is 15.0 Å². The zero-order valence-corrected chi connectivity index (χ0v) is 19.3. The summed E-state index contributed by atoms with van der Waals surface area (Å²) < 4.78 is 47.0. The first-order chi connectivity index (χ1) is 15.8. The smallest absolute Gasteiger partial charge is 0.264 e. The number of carbonyl (C=O) groups excluding carboxylic acids is 1. The summed E-state index contributed by atoms with van der Waals surface area (Å²) in [6, 6.07) is 20.8. The van der Waals surface area contributed by atoms with E-state index in [1.165, 1.54) is 49.6 Å². The Kier molecular flexibility index (Phi) is 7.89. The van der Waals surface area contributed by atoms with Gasteiger partial charge in [0.05, 0.1) is 17.7 Å². The van der Waals surface area contributed by atoms with Gasteiger partial charge in [-0.25, -0.2) is 12.8 Å². The molecule has 0 bridgehead atoms. The van der Waals surface area contributed by atoms with Crippen LogP contribution in [0.5, 0.6) is 5.75 Å². The lowest BCUT2D eigenvalue weighted by atomic mass is 10.3. The molecule has 3 aromatic carbocycles. The standard InChI is InChI=1S/C24H26FN3O4S/c1-27(19-8-4-3-5-9-19)17-16-26-24(29)18-28(23-11-7-6-10-22(23)25)33(30,31)21-14-12-20(32-2)13-15-21/h3-15H,16-18H2,1-2H3,(H,26,29). The van der Waals surface area contributed by atoms with Crippen molar-refractivity contribution in [1.29, 1.82) is 0 Å². The summed E-state index contributed by atoms with van der Waals surface area (Å²) in [5.41, 5.74) is 0.784. The molecule has 0 spiro atoms. The molecule has 0 fully saturated rings. The Hall–Kier alpha value is -3.59. The lowest BCUT2D eigenvalue weighted by Crippen LogP contribution is -2.43. The van der Waals surface area contributed by atoms with Crippen molar-refractivity contribution in [2.24, 2.45) is 0 Å². The molecule has 0 atom stereocenters. The Morgan fingerprint density at radius 1 is 0.970 bits per heavy atom. The fourth-order valence-corrected chi connectivity index (χ4v) is 4.62. The van der Waals surface area contributed by atoms with Crippen molar-refractivity contribution in [2.75, 3.05) is 43.0 Å². The lowest BCUT2D eigenvalue weighted by molar-refractivity contribution is -0.119. The van der Waals surface area contributed by atoms with Gasteiger partial charge in [0.1, 0.15) is 18.1 Å². The number of para-hydroxylation sites is 2. The van der Waals surface area contributed by atoms with Crippen LogP contribution in [0.15, 0.2) is 83.8 Å². The molecule has 174 valence electrons. The fourth-order valence-electron chi connectivity index (χ4n) is 3.19. The summed E-state index contributed by atoms with van der Waals surface area (Å²) >= 11 is 0. The number of hydrogen-bond acceptors (Lipinski definition) is 5. The number of sulfonamides is 1. The van der Waals surface area contributed by atoms with Crippen LogP contribution in [0.4, 0.5) is 15.8 Å². The molecule has 33 heavy (non-hydrogen) atoms. The number of hydrogen-bond donors (Lipinski definition) is 1. The van der Waals surface area contributed by atoms with Gasteiger partial charge in [0.15, 0.2) is 0 Å². The highest BCUT2D eigenvalue weighted by atomic mass is 32.2. The third-order valence-electron chi connectivity index (χ3n) is 5.02. The summed E-state index contributed by atoms with van der Waals surface area (Å²) in [5.74, 6) is -0.810. The van der Waals surface area contributed by atoms with Crippen LogP contribution in [0.25, 0.3) is 0 Å². The van der Waals surface area contributed by atoms with Gasteiger partial charge in [0.2, 0.25) is 5.91 Å². The van der Waals surface area contributed by atoms with Gasteiger partial charge in [0.25, 0.3) is 10.0 Å². The molecular weight excluding hydrogens is 445 g/mol. The molecule has 3 aromatic rings. The average Bonchev–Trinajstić information content (AvgIpc) is 2.83. The fraction of sp³-hybridized carbons (Fsp3) is 0.208. The van der Waals surface area contributed by atoms with E-state index in [0.29, 0.717) is 12.3 Å². The van der Waals surface area contributed by atoms with Crippen molar-refractivity contribution in [2.45, 2.75) is 4.90 Å². The van der Waals surface area contributed by atoms with E-state index in [4.69, 9.17) is 4.74 Å². The Balaban J connectivity index is 1.76. The Bertz CT molecular complexity index is 1170. The number of rotatable bonds is 10. The van der Waals surface area contributed by atoms with Crippen LogP contribution < -0.4 is 19.3 Å². The summed E-state index contributed by atoms with van der Waals surface area (Å²) in [7, 11) is -0.857. The van der Waals surface area contributed by atoms with E-state index in [2.05, 4.69) is 5.32 Å². The van der Waals surface area contributed by atoms with E-state index < -0.39 is 28.3 Å². The number of methoxy groups -OCH3 is 1. The predicted molar refractivity (Wildman–Crippen MR) is 127 cm³/mol. The number of anilines is 2. The highest BCUT2D eigenvalue weighted by molar-refractivity contribution is 7.92. The first-order valence-electron chi connectivity index (χ1n) is 10.3. The van der Waals surface area contributed by atoms with E-state index in [1.807, 2.05) is 42.3 Å². The molecule has 0 aliphatic carbocycles. The molecule has 0 unspecified atom stereocenters. The van der Waals surface area contributed by atoms with Crippen LogP contribution in [0.1, 0.15) is 0 Å². The van der Waals surface area contributed by atoms with Gasteiger partial charge in [-0.05, 0) is 48.5 Å². The van der Waals surface area contributed by atoms with Gasteiger partial charge >= 0.3 is 0 Å². The van der Waals surface area contributed by atoms with Crippen molar-refractivity contribution < 1.29 is 22.3 Å². The highest BCUT2D eigenvalue weighted by Crippen LogP contribution is 2.27. The average molecular weight is 472 g/mol. The first-order valence-corrected chi connectivity index (χ1v) is 11.7. The Morgan fingerprint density at radius 2 is 1.61 bits per heavy atom. The molecule has 9 heteroatoms. The quantitative estimate of drug-likeness (QED) is 0.491. The second-order valence-electron chi connectivity index (χ2n) is 7.25. The largest absolute Gasteiger partial charge is 0.497 e. The number of benzene rings is 3. The monoisotopic (exact) mass is 471 g/mol. The number of halogens is 1. The minimum absolute atomic E-state index is 0.0804. The van der Waals surface area contributed by atoms with Crippen molar-refractivity contribution in [3.63, 3.8) is 0 Å². The number of likely N-dealkylation sites (N-methyl/N-ethyl adjacent to an activating group) is 1. The maximum atomic E-state index is 14.5. The van der Waals surface area contributed by atoms with Crippen LogP contribution >= 0.6 is 0 Å². The van der Waals surface area contributed by atoms with Crippen molar-refractivity contribution in [1.82, 2.24) is 5.32 Å². The zero-order valence-electron chi connectivity index (χ0n) is 18.4. The lowest BCUT2D eigenvalue weighted by Gasteiger charge is -2.25. The van der Waals surface area contributed by atoms with Crippen molar-refractivity contribution in [3.05, 3.63) is 84.7 Å². The molecule has 0 saturated heterocycles. The molecule has 3 rings (SSSR count). The SMILES string of the molecule is COc1ccc(S(=O)(=O)N(CC(=O)NCCN(C)c2ccccc2)c2ccccc2F)cc1. The molecule has 0 heterocycles. The second kappa shape index (κ2) is 10.8. The van der Waals surface area contributed by atoms with E-state index in [-0.39, 0.29) is 17.1 Å². The van der Waals surface area contributed by atoms with Crippen LogP contribution in [-0.2, 0) is 14.8 Å². The number of carbonyl (C=O) groups is 1. The minimum atomic E-state index is -4.21. The number of nitrogens with zero attached hydrogens (tertiary/aromatic N) is 2. The van der Waals surface area contributed by atoms with Crippen LogP contribution in [0.3, 0.4) is 0 Å². The molecule has 0 aromatic heterocycles. The predicted octanol–water partition coefficient (Wildman–Crippen LogP) is 3.28. The molecular formula is C24H26FN3O4S. The maximum absolute atomic E-state index is 14.5. The van der Waals surface area contributed by atoms with Gasteiger partial charge in [0, 0.05) is 25.8 Å². The van der Waals surface area contributed by atoms with E-state index in [9.17, 15) is 17.6 Å². The van der Waals surface area contributed by atoms with Crippen LogP contribution in [-0.4, -0.2) is 48.1 Å². The molecule has 1 N–H and O–H groups in total. The van der Waals surface area contributed by atoms with E-state index in [1.54, 1.807) is 0 Å². The third-order valence-corrected chi connectivity index (χ3v) is 6.80. The van der Waals surface area contributed by atoms with Crippen LogP contribution in [0, 0.1) is 5.82 Å². The first kappa shape index (κ1) is 24.1. The molecule has 0 radical (unpaired) electrons. The van der Waals surface area contributed by atoms with E-state index in [0.717, 1.165) is 16.1 Å². The van der Waals surface area contributed by atoms with Gasteiger partial charge in [-0.2, -0.15) is 0 Å². The van der Waals surface area contributed by atoms with Gasteiger partial charge in [-0.1, -0.05) is 30.3 Å². The van der Waals surface area contributed by atoms with E-state index >= 15 is 0 Å². The van der Waals surface area contributed by atoms with Crippen LogP contribution in [0.2, 0.25) is 0 Å². The zero-order chi connectivity index (χ0) is 23.8. The number of amides is 1. The molecule has 0 aliphatic rings. The summed E-state index contributed by atoms with van der Waals surface area (Å²) in [5, 5.41) is 2.72.